The third-order valence-electron chi connectivity index (χ3n) is 8.04. The number of nitrogen functional groups attached to an aromatic ring is 1. The van der Waals surface area contributed by atoms with Gasteiger partial charge in [0.1, 0.15) is 23.1 Å². The fourth-order valence-electron chi connectivity index (χ4n) is 5.63. The molecule has 226 valence electrons. The third-order valence-corrected chi connectivity index (χ3v) is 9.40. The summed E-state index contributed by atoms with van der Waals surface area (Å²) in [7, 11) is -4.15. The van der Waals surface area contributed by atoms with Crippen molar-refractivity contribution in [2.75, 3.05) is 23.7 Å². The number of halogens is 2. The third kappa shape index (κ3) is 5.62. The highest BCUT2D eigenvalue weighted by Gasteiger charge is 2.27. The number of anilines is 2. The highest BCUT2D eigenvalue weighted by atomic mass is 32.2. The van der Waals surface area contributed by atoms with E-state index in [1.54, 1.807) is 12.3 Å². The largest absolute Gasteiger partial charge is 0.383 e. The average molecular weight is 609 g/mol. The first-order chi connectivity index (χ1) is 20.5. The predicted octanol–water partition coefficient (Wildman–Crippen LogP) is 5.57. The van der Waals surface area contributed by atoms with Crippen LogP contribution in [0.3, 0.4) is 0 Å². The van der Waals surface area contributed by atoms with Gasteiger partial charge in [-0.2, -0.15) is 5.10 Å². The van der Waals surface area contributed by atoms with Crippen LogP contribution >= 0.6 is 0 Å². The molecule has 4 aromatic rings. The number of hydrogen-bond donors (Lipinski definition) is 3. The van der Waals surface area contributed by atoms with Gasteiger partial charge >= 0.3 is 0 Å². The molecule has 1 aliphatic carbocycles. The van der Waals surface area contributed by atoms with E-state index in [-0.39, 0.29) is 28.0 Å². The van der Waals surface area contributed by atoms with Crippen molar-refractivity contribution in [1.29, 1.82) is 0 Å². The van der Waals surface area contributed by atoms with Gasteiger partial charge in [0.2, 0.25) is 0 Å². The summed E-state index contributed by atoms with van der Waals surface area (Å²) in [5.41, 5.74) is 10.2. The van der Waals surface area contributed by atoms with Crippen LogP contribution in [0.2, 0.25) is 0 Å². The number of fused-ring (bicyclic) bond motifs is 1. The van der Waals surface area contributed by atoms with E-state index in [4.69, 9.17) is 15.6 Å². The maximum absolute atomic E-state index is 15.4. The maximum atomic E-state index is 15.4. The van der Waals surface area contributed by atoms with E-state index in [0.717, 1.165) is 55.7 Å². The molecule has 1 fully saturated rings. The molecule has 4 N–H and O–H groups in total. The fourth-order valence-corrected chi connectivity index (χ4v) is 6.79. The number of hydrogen-bond acceptors (Lipinski definition) is 7. The molecule has 0 saturated carbocycles. The van der Waals surface area contributed by atoms with Gasteiger partial charge in [0.05, 0.1) is 40.7 Å². The zero-order chi connectivity index (χ0) is 30.5. The minimum absolute atomic E-state index is 0.0240. The molecule has 0 spiro atoms. The van der Waals surface area contributed by atoms with Crippen LogP contribution in [0.25, 0.3) is 27.7 Å². The smallest absolute Gasteiger partial charge is 0.261 e. The van der Waals surface area contributed by atoms with Crippen molar-refractivity contribution in [3.63, 3.8) is 0 Å². The van der Waals surface area contributed by atoms with E-state index in [1.165, 1.54) is 30.7 Å². The summed E-state index contributed by atoms with van der Waals surface area (Å²) in [5, 5.41) is 9.13. The molecule has 2 aliphatic rings. The molecule has 0 radical (unpaired) electrons. The number of nitrogens with one attached hydrogen (secondary N) is 2. The van der Waals surface area contributed by atoms with Gasteiger partial charge in [0.15, 0.2) is 0 Å². The molecule has 1 atom stereocenters. The van der Waals surface area contributed by atoms with Crippen molar-refractivity contribution in [2.24, 2.45) is 0 Å². The number of rotatable bonds is 8. The molecule has 0 unspecified atom stereocenters. The Hall–Kier alpha value is -3.87. The Morgan fingerprint density at radius 2 is 1.88 bits per heavy atom. The SMILES string of the molecule is Cc1cc(S(=O)(=O)Nc2ccc(-c3nn(C(C)C)c4c(C5=CC[C@@H](NC6COC6)CC5)cnc(N)c34)cc2F)ccc1F. The van der Waals surface area contributed by atoms with Crippen LogP contribution in [-0.4, -0.2) is 48.5 Å². The van der Waals surface area contributed by atoms with E-state index in [1.807, 2.05) is 18.5 Å². The molecule has 1 saturated heterocycles. The predicted molar refractivity (Wildman–Crippen MR) is 163 cm³/mol. The molecule has 9 nitrogen and oxygen atoms in total. The molecular formula is C31H34F2N6O3S. The zero-order valence-electron chi connectivity index (χ0n) is 24.2. The lowest BCUT2D eigenvalue weighted by atomic mass is 9.89. The standard InChI is InChI=1S/C31H34F2N6O3S/c1-17(2)39-30-24(19-4-7-21(8-5-19)36-22-15-42-16-22)14-35-31(34)28(30)29(37-39)20-6-11-27(26(33)13-20)38-43(40,41)23-9-10-25(32)18(3)12-23/h4,6,9-14,17,21-22,36,38H,5,7-8,15-16H2,1-3H3,(H2,34,35)/t21-/m1/s1. The van der Waals surface area contributed by atoms with Crippen LogP contribution < -0.4 is 15.8 Å². The quantitative estimate of drug-likeness (QED) is 0.239. The second-order valence-electron chi connectivity index (χ2n) is 11.5. The Labute approximate surface area is 249 Å². The Bertz CT molecular complexity index is 1850. The number of aromatic nitrogens is 3. The molecular weight excluding hydrogens is 574 g/mol. The van der Waals surface area contributed by atoms with E-state index >= 15 is 4.39 Å². The summed E-state index contributed by atoms with van der Waals surface area (Å²) in [6, 6.07) is 8.36. The summed E-state index contributed by atoms with van der Waals surface area (Å²) in [4.78, 5) is 4.34. The topological polar surface area (TPSA) is 124 Å². The molecule has 1 aliphatic heterocycles. The van der Waals surface area contributed by atoms with Crippen molar-refractivity contribution >= 4 is 38.0 Å². The Morgan fingerprint density at radius 1 is 1.09 bits per heavy atom. The van der Waals surface area contributed by atoms with Crippen molar-refractivity contribution in [3.05, 3.63) is 71.4 Å². The van der Waals surface area contributed by atoms with Gasteiger partial charge in [-0.15, -0.1) is 0 Å². The van der Waals surface area contributed by atoms with E-state index in [2.05, 4.69) is 21.1 Å². The number of pyridine rings is 1. The molecule has 6 rings (SSSR count). The zero-order valence-corrected chi connectivity index (χ0v) is 25.0. The van der Waals surface area contributed by atoms with Gasteiger partial charge in [0.25, 0.3) is 10.0 Å². The minimum atomic E-state index is -4.15. The van der Waals surface area contributed by atoms with Crippen molar-refractivity contribution in [2.45, 2.75) is 63.1 Å². The molecule has 0 amide bonds. The van der Waals surface area contributed by atoms with Crippen LogP contribution in [0, 0.1) is 18.6 Å². The first-order valence-corrected chi connectivity index (χ1v) is 15.8. The maximum Gasteiger partial charge on any atom is 0.261 e. The molecule has 12 heteroatoms. The van der Waals surface area contributed by atoms with Gasteiger partial charge in [0, 0.05) is 29.4 Å². The number of nitrogens with two attached hydrogens (primary N) is 1. The number of nitrogens with zero attached hydrogens (tertiary/aromatic N) is 3. The lowest BCUT2D eigenvalue weighted by molar-refractivity contribution is -0.0103. The second kappa shape index (κ2) is 11.3. The van der Waals surface area contributed by atoms with Crippen molar-refractivity contribution < 1.29 is 21.9 Å². The van der Waals surface area contributed by atoms with Gasteiger partial charge in [-0.1, -0.05) is 12.1 Å². The first-order valence-electron chi connectivity index (χ1n) is 14.3. The van der Waals surface area contributed by atoms with Crippen LogP contribution in [0.4, 0.5) is 20.3 Å². The van der Waals surface area contributed by atoms with Crippen LogP contribution in [0.15, 0.2) is 53.6 Å². The summed E-state index contributed by atoms with van der Waals surface area (Å²) in [5.74, 6) is -1.04. The van der Waals surface area contributed by atoms with E-state index < -0.39 is 21.7 Å². The molecule has 3 heterocycles. The van der Waals surface area contributed by atoms with Crippen LogP contribution in [-0.2, 0) is 14.8 Å². The molecule has 2 aromatic heterocycles. The average Bonchev–Trinajstić information content (AvgIpc) is 3.36. The minimum Gasteiger partial charge on any atom is -0.383 e. The number of ether oxygens (including phenoxy) is 1. The highest BCUT2D eigenvalue weighted by molar-refractivity contribution is 7.92. The number of aryl methyl sites for hydroxylation is 1. The summed E-state index contributed by atoms with van der Waals surface area (Å²) < 4.78 is 64.3. The summed E-state index contributed by atoms with van der Waals surface area (Å²) in [6.07, 6.45) is 6.77. The highest BCUT2D eigenvalue weighted by Crippen LogP contribution is 2.40. The van der Waals surface area contributed by atoms with E-state index in [0.29, 0.717) is 28.7 Å². The van der Waals surface area contributed by atoms with E-state index in [9.17, 15) is 12.8 Å². The van der Waals surface area contributed by atoms with Gasteiger partial charge in [-0.05, 0) is 81.5 Å². The van der Waals surface area contributed by atoms with Crippen molar-refractivity contribution in [1.82, 2.24) is 20.1 Å². The number of benzene rings is 2. The van der Waals surface area contributed by atoms with Crippen LogP contribution in [0.5, 0.6) is 0 Å². The Morgan fingerprint density at radius 3 is 2.51 bits per heavy atom. The summed E-state index contributed by atoms with van der Waals surface area (Å²) >= 11 is 0. The van der Waals surface area contributed by atoms with Gasteiger partial charge < -0.3 is 15.8 Å². The normalized spacial score (nSPS) is 17.7. The van der Waals surface area contributed by atoms with Crippen LogP contribution in [0.1, 0.15) is 50.3 Å². The van der Waals surface area contributed by atoms with Gasteiger partial charge in [-0.25, -0.2) is 22.2 Å². The van der Waals surface area contributed by atoms with Gasteiger partial charge in [-0.3, -0.25) is 9.40 Å². The fraction of sp³-hybridized carbons (Fsp3) is 0.355. The Balaban J connectivity index is 1.35. The Kier molecular flexibility index (Phi) is 7.69. The summed E-state index contributed by atoms with van der Waals surface area (Å²) in [6.45, 7) is 7.01. The molecule has 43 heavy (non-hydrogen) atoms. The second-order valence-corrected chi connectivity index (χ2v) is 13.2. The monoisotopic (exact) mass is 608 g/mol. The molecule has 2 aromatic carbocycles. The first kappa shape index (κ1) is 29.2. The lowest BCUT2D eigenvalue weighted by Gasteiger charge is -2.33. The molecule has 0 bridgehead atoms. The lowest BCUT2D eigenvalue weighted by Crippen LogP contribution is -2.50. The number of allylic oxidation sites excluding steroid dienone is 1. The van der Waals surface area contributed by atoms with Crippen molar-refractivity contribution in [3.8, 4) is 11.3 Å². The number of sulfonamides is 1.